The first-order valence-corrected chi connectivity index (χ1v) is 22.0. The van der Waals surface area contributed by atoms with Gasteiger partial charge in [0.25, 0.3) is 0 Å². The Balaban J connectivity index is 1.65. The number of rotatable bonds is 22. The van der Waals surface area contributed by atoms with Crippen LogP contribution in [-0.4, -0.2) is 114 Å². The van der Waals surface area contributed by atoms with Crippen molar-refractivity contribution in [3.05, 3.63) is 47.6 Å². The molecule has 3 N–H and O–H groups in total. The number of allylic oxidation sites excluding steroid dienone is 6. The molecule has 12 atom stereocenters. The molecule has 0 bridgehead atoms. The SMILES string of the molecule is CO[C@@H](C[C@@H]1CC[C@@H](C)[C@](O)(CC(=O)N2CCCC[C@H]2C(=O)O[C@@H](C/C=C(/C)C=O)[C@H](C)C[C@@H]2CC[C@@H](O)[C@H](OC)C2)O1)/C(C)=C/C=C/C=C/[C@@H](C)C[C@@H](C)C(=O)CO. The van der Waals surface area contributed by atoms with Gasteiger partial charge in [0.2, 0.25) is 5.91 Å². The maximum absolute atomic E-state index is 14.1. The largest absolute Gasteiger partial charge is 0.460 e. The topological polar surface area (TPSA) is 169 Å². The molecular formula is C47H75NO11. The number of esters is 1. The van der Waals surface area contributed by atoms with Crippen molar-refractivity contribution >= 4 is 23.9 Å². The highest BCUT2D eigenvalue weighted by Crippen LogP contribution is 2.38. The zero-order valence-electron chi connectivity index (χ0n) is 37.1. The second-order valence-electron chi connectivity index (χ2n) is 17.7. The highest BCUT2D eigenvalue weighted by Gasteiger charge is 2.46. The molecule has 3 rings (SSSR count). The molecule has 3 aliphatic rings. The number of nitrogens with zero attached hydrogens (tertiary/aromatic N) is 1. The molecule has 334 valence electrons. The standard InChI is InChI=1S/C47H75NO11/c1-31(24-34(4)41(52)30-50)14-10-9-11-15-33(3)43(56-7)27-38-20-18-36(6)47(55,59-38)28-45(53)48-23-13-12-16-39(48)46(54)58-42(22-17-32(2)29-49)35(5)25-37-19-21-40(51)44(26-37)57-8/h9-11,14-15,17,29,31,34-40,42-44,50-51,55H,12-13,16,18-28,30H2,1-8H3/b11-9+,14-10+,32-17-,33-15+/t31-,34-,35-,36-,37+,38+,39+,40-,42+,43+,44-,47+/m1/s1. The van der Waals surface area contributed by atoms with Crippen LogP contribution in [0.15, 0.2) is 47.6 Å². The molecule has 1 aliphatic carbocycles. The Morgan fingerprint density at radius 1 is 0.983 bits per heavy atom. The van der Waals surface area contributed by atoms with Crippen molar-refractivity contribution in [1.29, 1.82) is 0 Å². The second-order valence-corrected chi connectivity index (χ2v) is 17.7. The lowest BCUT2D eigenvalue weighted by Crippen LogP contribution is -2.54. The Bertz CT molecular complexity index is 1470. The van der Waals surface area contributed by atoms with E-state index < -0.39 is 36.6 Å². The molecule has 0 spiro atoms. The van der Waals surface area contributed by atoms with Gasteiger partial charge in [-0.05, 0) is 107 Å². The fraction of sp³-hybridized carbons (Fsp3) is 0.745. The lowest BCUT2D eigenvalue weighted by Gasteiger charge is -2.44. The first-order valence-electron chi connectivity index (χ1n) is 22.0. The minimum Gasteiger partial charge on any atom is -0.460 e. The zero-order valence-corrected chi connectivity index (χ0v) is 37.1. The summed E-state index contributed by atoms with van der Waals surface area (Å²) >= 11 is 0. The summed E-state index contributed by atoms with van der Waals surface area (Å²) in [4.78, 5) is 52.8. The number of aldehydes is 1. The average molecular weight is 830 g/mol. The van der Waals surface area contributed by atoms with Gasteiger partial charge in [0, 0.05) is 45.4 Å². The molecule has 1 saturated carbocycles. The number of amides is 1. The van der Waals surface area contributed by atoms with Crippen LogP contribution in [0.4, 0.5) is 0 Å². The normalized spacial score (nSPS) is 29.8. The third-order valence-corrected chi connectivity index (χ3v) is 12.9. The number of hydrogen-bond donors (Lipinski definition) is 3. The van der Waals surface area contributed by atoms with Crippen molar-refractivity contribution < 1.29 is 53.4 Å². The van der Waals surface area contributed by atoms with E-state index in [4.69, 9.17) is 24.1 Å². The van der Waals surface area contributed by atoms with Gasteiger partial charge in [-0.25, -0.2) is 4.79 Å². The number of hydrogen-bond acceptors (Lipinski definition) is 11. The highest BCUT2D eigenvalue weighted by atomic mass is 16.6. The Morgan fingerprint density at radius 2 is 1.73 bits per heavy atom. The molecule has 2 heterocycles. The molecule has 1 amide bonds. The average Bonchev–Trinajstić information content (AvgIpc) is 3.22. The van der Waals surface area contributed by atoms with E-state index in [0.29, 0.717) is 57.1 Å². The molecule has 0 aromatic rings. The van der Waals surface area contributed by atoms with Crippen LogP contribution >= 0.6 is 0 Å². The first kappa shape index (κ1) is 50.4. The van der Waals surface area contributed by atoms with E-state index in [1.807, 2.05) is 65.0 Å². The molecule has 2 aliphatic heterocycles. The summed E-state index contributed by atoms with van der Waals surface area (Å²) in [5.74, 6) is -2.78. The Labute approximate surface area is 353 Å². The van der Waals surface area contributed by atoms with Crippen LogP contribution in [0.3, 0.4) is 0 Å². The van der Waals surface area contributed by atoms with Gasteiger partial charge in [-0.15, -0.1) is 0 Å². The maximum atomic E-state index is 14.1. The minimum absolute atomic E-state index is 0.0448. The van der Waals surface area contributed by atoms with Crippen LogP contribution in [-0.2, 0) is 38.1 Å². The van der Waals surface area contributed by atoms with Gasteiger partial charge in [-0.1, -0.05) is 64.2 Å². The number of aliphatic hydroxyl groups excluding tert-OH is 2. The van der Waals surface area contributed by atoms with Crippen LogP contribution in [0, 0.1) is 29.6 Å². The molecule has 0 radical (unpaired) electrons. The van der Waals surface area contributed by atoms with Crippen LogP contribution in [0.25, 0.3) is 0 Å². The van der Waals surface area contributed by atoms with E-state index in [0.717, 1.165) is 44.0 Å². The number of piperidine rings is 1. The molecule has 12 heteroatoms. The summed E-state index contributed by atoms with van der Waals surface area (Å²) in [5, 5.41) is 31.3. The van der Waals surface area contributed by atoms with Crippen molar-refractivity contribution in [1.82, 2.24) is 4.90 Å². The maximum Gasteiger partial charge on any atom is 0.329 e. The first-order chi connectivity index (χ1) is 28.0. The summed E-state index contributed by atoms with van der Waals surface area (Å²) in [6.45, 7) is 11.4. The molecular weight excluding hydrogens is 755 g/mol. The van der Waals surface area contributed by atoms with Crippen LogP contribution in [0.2, 0.25) is 0 Å². The van der Waals surface area contributed by atoms with E-state index in [1.54, 1.807) is 32.1 Å². The van der Waals surface area contributed by atoms with Crippen molar-refractivity contribution in [2.45, 2.75) is 167 Å². The van der Waals surface area contributed by atoms with Gasteiger partial charge in [-0.3, -0.25) is 14.4 Å². The van der Waals surface area contributed by atoms with Gasteiger partial charge in [0.1, 0.15) is 25.0 Å². The second kappa shape index (κ2) is 25.1. The summed E-state index contributed by atoms with van der Waals surface area (Å²) in [6, 6.07) is -0.793. The fourth-order valence-corrected chi connectivity index (χ4v) is 8.88. The molecule has 0 unspecified atom stereocenters. The smallest absolute Gasteiger partial charge is 0.329 e. The molecule has 0 aromatic heterocycles. The Kier molecular flexibility index (Phi) is 21.4. The summed E-state index contributed by atoms with van der Waals surface area (Å²) in [5.41, 5.74) is 1.53. The minimum atomic E-state index is -1.72. The van der Waals surface area contributed by atoms with Gasteiger partial charge in [-0.2, -0.15) is 0 Å². The predicted octanol–water partition coefficient (Wildman–Crippen LogP) is 6.60. The van der Waals surface area contributed by atoms with Gasteiger partial charge < -0.3 is 39.2 Å². The van der Waals surface area contributed by atoms with E-state index in [2.05, 4.69) is 0 Å². The number of methoxy groups -OCH3 is 2. The summed E-state index contributed by atoms with van der Waals surface area (Å²) in [7, 11) is 3.25. The number of aliphatic hydroxyl groups is 3. The summed E-state index contributed by atoms with van der Waals surface area (Å²) in [6.07, 6.45) is 18.0. The van der Waals surface area contributed by atoms with Crippen molar-refractivity contribution in [2.24, 2.45) is 29.6 Å². The number of Topliss-reactive ketones (excluding diaryl/α,β-unsaturated/α-hetero) is 1. The zero-order chi connectivity index (χ0) is 43.7. The number of likely N-dealkylation sites (tertiary alicyclic amines) is 1. The van der Waals surface area contributed by atoms with E-state index in [1.165, 1.54) is 0 Å². The molecule has 2 saturated heterocycles. The number of carbonyl (C=O) groups excluding carboxylic acids is 4. The molecule has 0 aromatic carbocycles. The number of ketones is 1. The Morgan fingerprint density at radius 3 is 2.41 bits per heavy atom. The van der Waals surface area contributed by atoms with E-state index >= 15 is 0 Å². The summed E-state index contributed by atoms with van der Waals surface area (Å²) < 4.78 is 24.0. The van der Waals surface area contributed by atoms with Gasteiger partial charge in [0.05, 0.1) is 30.8 Å². The van der Waals surface area contributed by atoms with Gasteiger partial charge in [0.15, 0.2) is 11.6 Å². The lowest BCUT2D eigenvalue weighted by atomic mass is 9.79. The van der Waals surface area contributed by atoms with Crippen molar-refractivity contribution in [2.75, 3.05) is 27.4 Å². The van der Waals surface area contributed by atoms with Gasteiger partial charge >= 0.3 is 5.97 Å². The predicted molar refractivity (Wildman–Crippen MR) is 227 cm³/mol. The highest BCUT2D eigenvalue weighted by molar-refractivity contribution is 5.85. The number of carbonyl (C=O) groups is 4. The molecule has 59 heavy (non-hydrogen) atoms. The Hall–Kier alpha value is -3.00. The van der Waals surface area contributed by atoms with Crippen LogP contribution in [0.5, 0.6) is 0 Å². The quantitative estimate of drug-likeness (QED) is 0.0466. The molecule has 3 fully saturated rings. The number of ether oxygens (including phenoxy) is 4. The van der Waals surface area contributed by atoms with Crippen molar-refractivity contribution in [3.63, 3.8) is 0 Å². The van der Waals surface area contributed by atoms with Crippen LogP contribution in [0.1, 0.15) is 125 Å². The monoisotopic (exact) mass is 830 g/mol. The fourth-order valence-electron chi connectivity index (χ4n) is 8.88. The van der Waals surface area contributed by atoms with Crippen molar-refractivity contribution in [3.8, 4) is 0 Å². The van der Waals surface area contributed by atoms with E-state index in [9.17, 15) is 29.4 Å². The third-order valence-electron chi connectivity index (χ3n) is 12.9. The lowest BCUT2D eigenvalue weighted by molar-refractivity contribution is -0.284. The third kappa shape index (κ3) is 15.8. The van der Waals surface area contributed by atoms with Crippen LogP contribution < -0.4 is 0 Å². The van der Waals surface area contributed by atoms with E-state index in [-0.39, 0.29) is 66.0 Å². The molecule has 12 nitrogen and oxygen atoms in total.